The molecule has 0 aliphatic rings. The van der Waals surface area contributed by atoms with Gasteiger partial charge in [0.05, 0.1) is 26.7 Å². The Kier molecular flexibility index (Phi) is 5.61. The first-order valence-electron chi connectivity index (χ1n) is 8.23. The Morgan fingerprint density at radius 1 is 1.11 bits per heavy atom. The van der Waals surface area contributed by atoms with Crippen LogP contribution in [0.4, 0.5) is 5.69 Å². The minimum absolute atomic E-state index is 0.181. The molecule has 0 amide bonds. The number of anilines is 1. The first kappa shape index (κ1) is 20.1. The van der Waals surface area contributed by atoms with Gasteiger partial charge in [-0.25, -0.2) is 14.6 Å². The summed E-state index contributed by atoms with van der Waals surface area (Å²) in [7, 11) is 7.40. The van der Waals surface area contributed by atoms with E-state index in [2.05, 4.69) is 4.98 Å². The van der Waals surface area contributed by atoms with E-state index in [1.807, 2.05) is 44.9 Å². The summed E-state index contributed by atoms with van der Waals surface area (Å²) in [5.41, 5.74) is 9.47. The van der Waals surface area contributed by atoms with Crippen LogP contribution in [-0.2, 0) is 11.8 Å². The predicted molar refractivity (Wildman–Crippen MR) is 102 cm³/mol. The van der Waals surface area contributed by atoms with Crippen LogP contribution in [0.15, 0.2) is 36.4 Å². The van der Waals surface area contributed by atoms with Crippen LogP contribution in [-0.4, -0.2) is 59.3 Å². The number of quaternary nitrogens is 1. The Labute approximate surface area is 156 Å². The molecule has 8 nitrogen and oxygen atoms in total. The molecule has 0 bridgehead atoms. The van der Waals surface area contributed by atoms with E-state index in [1.54, 1.807) is 24.3 Å². The predicted octanol–water partition coefficient (Wildman–Crippen LogP) is 1.27. The summed E-state index contributed by atoms with van der Waals surface area (Å²) in [5.74, 6) is -1.73. The molecule has 3 rings (SSSR count). The van der Waals surface area contributed by atoms with Crippen LogP contribution in [0, 0.1) is 0 Å². The van der Waals surface area contributed by atoms with Crippen molar-refractivity contribution < 1.29 is 28.9 Å². The maximum absolute atomic E-state index is 11.2. The Hall–Kier alpha value is -3.26. The third kappa shape index (κ3) is 4.89. The van der Waals surface area contributed by atoms with Crippen LogP contribution < -0.4 is 10.3 Å². The highest BCUT2D eigenvalue weighted by Crippen LogP contribution is 2.19. The first-order chi connectivity index (χ1) is 12.5. The normalized spacial score (nSPS) is 11.1. The number of aromatic carboxylic acids is 1. The van der Waals surface area contributed by atoms with Crippen LogP contribution in [0.5, 0.6) is 0 Å². The molecule has 0 fully saturated rings. The number of aryl methyl sites for hydroxylation is 1. The molecular formula is C19H24N4O4+2. The smallest absolute Gasteiger partial charge is 0.359 e. The molecule has 1 heterocycles. The third-order valence-corrected chi connectivity index (χ3v) is 3.81. The number of carboxylic acids is 2. The van der Waals surface area contributed by atoms with Gasteiger partial charge in [0.15, 0.2) is 6.54 Å². The zero-order valence-corrected chi connectivity index (χ0v) is 15.8. The van der Waals surface area contributed by atoms with Crippen molar-refractivity contribution >= 4 is 39.7 Å². The molecule has 0 aliphatic heterocycles. The fourth-order valence-electron chi connectivity index (χ4n) is 2.65. The number of fused-ring (bicyclic) bond motifs is 2. The van der Waals surface area contributed by atoms with E-state index in [1.165, 1.54) is 0 Å². The number of aliphatic carboxylic acids is 1. The summed E-state index contributed by atoms with van der Waals surface area (Å²) in [4.78, 5) is 25.7. The third-order valence-electron chi connectivity index (χ3n) is 3.81. The number of nitrogens with two attached hydrogens (primary N) is 1. The lowest BCUT2D eigenvalue weighted by atomic mass is 10.1. The minimum Gasteiger partial charge on any atom is -0.478 e. The van der Waals surface area contributed by atoms with Gasteiger partial charge >= 0.3 is 11.9 Å². The van der Waals surface area contributed by atoms with Crippen molar-refractivity contribution in [2.75, 3.05) is 33.4 Å². The van der Waals surface area contributed by atoms with Gasteiger partial charge in [0.1, 0.15) is 18.1 Å². The number of aromatic nitrogens is 2. The van der Waals surface area contributed by atoms with E-state index in [0.29, 0.717) is 15.7 Å². The maximum atomic E-state index is 11.2. The lowest BCUT2D eigenvalue weighted by Crippen LogP contribution is -2.39. The number of benzene rings is 2. The van der Waals surface area contributed by atoms with E-state index in [-0.39, 0.29) is 12.1 Å². The molecule has 2 aromatic carbocycles. The van der Waals surface area contributed by atoms with E-state index in [4.69, 9.17) is 10.8 Å². The van der Waals surface area contributed by atoms with Crippen molar-refractivity contribution in [3.8, 4) is 0 Å². The molecule has 8 heteroatoms. The number of nitrogen functional groups attached to an aromatic ring is 1. The molecule has 0 aliphatic carbocycles. The highest BCUT2D eigenvalue weighted by molar-refractivity contribution is 6.01. The molecule has 142 valence electrons. The number of carbonyl (C=O) groups is 2. The Balaban J connectivity index is 0.000000279. The van der Waals surface area contributed by atoms with Crippen molar-refractivity contribution in [3.63, 3.8) is 0 Å². The number of hydrogen-bond donors (Lipinski definition) is 3. The van der Waals surface area contributed by atoms with Crippen LogP contribution in [0.2, 0.25) is 0 Å². The maximum Gasteiger partial charge on any atom is 0.359 e. The molecule has 0 radical (unpaired) electrons. The van der Waals surface area contributed by atoms with Crippen LogP contribution >= 0.6 is 0 Å². The monoisotopic (exact) mass is 372 g/mol. The average Bonchev–Trinajstić information content (AvgIpc) is 2.53. The number of nitrogens with zero attached hydrogens (tertiary/aromatic N) is 3. The standard InChI is InChI=1S/C14H11N3O2.C5H11NO2/c1-17-11-4-2-3-9(14(18)19)13(11)16-10-6-5-8(15)7-12(10)17;1-6(2,3)4-5(7)8/h2-7,15H,1H3,(H,18,19);4H2,1-3H3/p+2. The summed E-state index contributed by atoms with van der Waals surface area (Å²) in [6, 6.07) is 10.5. The Bertz CT molecular complexity index is 1030. The lowest BCUT2D eigenvalue weighted by Gasteiger charge is -2.20. The highest BCUT2D eigenvalue weighted by Gasteiger charge is 2.18. The molecule has 0 atom stereocenters. The molecule has 0 saturated carbocycles. The molecule has 1 aromatic heterocycles. The van der Waals surface area contributed by atoms with Gasteiger partial charge < -0.3 is 20.4 Å². The van der Waals surface area contributed by atoms with Crippen LogP contribution in [0.1, 0.15) is 10.4 Å². The van der Waals surface area contributed by atoms with Gasteiger partial charge in [-0.3, -0.25) is 0 Å². The van der Waals surface area contributed by atoms with Crippen molar-refractivity contribution in [1.29, 1.82) is 0 Å². The number of likely N-dealkylation sites (N-methyl/N-ethyl adjacent to an activating group) is 1. The summed E-state index contributed by atoms with van der Waals surface area (Å²) >= 11 is 0. The van der Waals surface area contributed by atoms with E-state index in [9.17, 15) is 14.7 Å². The SMILES string of the molecule is C[N+](C)(C)CC(=O)O.C[n+]1c2cc(N)ccc2nc2c(C(=O)O)cccc21. The summed E-state index contributed by atoms with van der Waals surface area (Å²) < 4.78 is 2.38. The van der Waals surface area contributed by atoms with E-state index in [0.717, 1.165) is 16.6 Å². The topological polar surface area (TPSA) is 117 Å². The zero-order chi connectivity index (χ0) is 20.4. The summed E-state index contributed by atoms with van der Waals surface area (Å²) in [6.07, 6.45) is 0. The largest absolute Gasteiger partial charge is 0.478 e. The molecule has 27 heavy (non-hydrogen) atoms. The summed E-state index contributed by atoms with van der Waals surface area (Å²) in [6.45, 7) is 0.181. The molecule has 0 spiro atoms. The molecular weight excluding hydrogens is 348 g/mol. The van der Waals surface area contributed by atoms with Crippen molar-refractivity contribution in [1.82, 2.24) is 4.98 Å². The number of rotatable bonds is 3. The number of carboxylic acid groups (broad SMARTS) is 2. The second kappa shape index (κ2) is 7.55. The van der Waals surface area contributed by atoms with Crippen molar-refractivity contribution in [3.05, 3.63) is 42.0 Å². The molecule has 4 N–H and O–H groups in total. The fourth-order valence-corrected chi connectivity index (χ4v) is 2.65. The zero-order valence-electron chi connectivity index (χ0n) is 15.8. The number of hydrogen-bond acceptors (Lipinski definition) is 4. The first-order valence-corrected chi connectivity index (χ1v) is 8.23. The lowest BCUT2D eigenvalue weighted by molar-refractivity contribution is -0.862. The average molecular weight is 372 g/mol. The summed E-state index contributed by atoms with van der Waals surface area (Å²) in [5, 5.41) is 17.5. The number of para-hydroxylation sites is 1. The van der Waals surface area contributed by atoms with Gasteiger partial charge in [0.25, 0.3) is 0 Å². The fraction of sp³-hybridized carbons (Fsp3) is 0.263. The van der Waals surface area contributed by atoms with Crippen LogP contribution in [0.25, 0.3) is 22.1 Å². The minimum atomic E-state index is -0.979. The second-order valence-electron chi connectivity index (χ2n) is 7.24. The van der Waals surface area contributed by atoms with Gasteiger partial charge in [-0.1, -0.05) is 6.07 Å². The van der Waals surface area contributed by atoms with Gasteiger partial charge in [0.2, 0.25) is 11.0 Å². The highest BCUT2D eigenvalue weighted by atomic mass is 16.4. The van der Waals surface area contributed by atoms with Gasteiger partial charge in [0, 0.05) is 17.8 Å². The Morgan fingerprint density at radius 2 is 1.78 bits per heavy atom. The Morgan fingerprint density at radius 3 is 2.30 bits per heavy atom. The van der Waals surface area contributed by atoms with Crippen molar-refractivity contribution in [2.45, 2.75) is 0 Å². The van der Waals surface area contributed by atoms with Gasteiger partial charge in [-0.05, 0) is 18.2 Å². The molecule has 0 unspecified atom stereocenters. The molecule has 0 saturated heterocycles. The van der Waals surface area contributed by atoms with E-state index >= 15 is 0 Å². The molecule has 3 aromatic rings. The van der Waals surface area contributed by atoms with Crippen LogP contribution in [0.3, 0.4) is 0 Å². The second-order valence-corrected chi connectivity index (χ2v) is 7.24. The van der Waals surface area contributed by atoms with Gasteiger partial charge in [-0.15, -0.1) is 0 Å². The van der Waals surface area contributed by atoms with Crippen molar-refractivity contribution in [2.24, 2.45) is 7.05 Å². The van der Waals surface area contributed by atoms with E-state index < -0.39 is 11.9 Å². The van der Waals surface area contributed by atoms with Gasteiger partial charge in [-0.2, -0.15) is 4.57 Å². The quantitative estimate of drug-likeness (QED) is 0.276.